The van der Waals surface area contributed by atoms with Gasteiger partial charge in [-0.2, -0.15) is 0 Å². The van der Waals surface area contributed by atoms with Crippen LogP contribution in [0.4, 0.5) is 4.39 Å². The lowest BCUT2D eigenvalue weighted by atomic mass is 9.81. The van der Waals surface area contributed by atoms with Crippen molar-refractivity contribution in [2.75, 3.05) is 11.5 Å². The molecule has 0 radical (unpaired) electrons. The van der Waals surface area contributed by atoms with E-state index in [4.69, 9.17) is 0 Å². The summed E-state index contributed by atoms with van der Waals surface area (Å²) in [5, 5.41) is 0.0489. The van der Waals surface area contributed by atoms with Gasteiger partial charge in [0.25, 0.3) is 0 Å². The lowest BCUT2D eigenvalue weighted by Gasteiger charge is -2.33. The van der Waals surface area contributed by atoms with Gasteiger partial charge in [-0.25, -0.2) is 4.39 Å². The predicted octanol–water partition coefficient (Wildman–Crippen LogP) is 4.30. The van der Waals surface area contributed by atoms with Gasteiger partial charge in [0.1, 0.15) is 5.82 Å². The normalized spacial score (nSPS) is 16.1. The molecule has 1 aromatic rings. The minimum absolute atomic E-state index is 0.0489. The standard InChI is InChI=1S/C17H25FO2S2/c1-13(19)21-11-10-17(5,12-22(20)16(2,3)4)14-8-6-7-9-15(14)18/h6-9H,10-12H2,1-5H3/t17-,22-/m1/s1. The van der Waals surface area contributed by atoms with Gasteiger partial charge in [-0.15, -0.1) is 0 Å². The van der Waals surface area contributed by atoms with E-state index in [0.29, 0.717) is 23.5 Å². The Morgan fingerprint density at radius 1 is 1.23 bits per heavy atom. The molecule has 0 heterocycles. The molecule has 124 valence electrons. The Hall–Kier alpha value is -0.680. The topological polar surface area (TPSA) is 34.1 Å². The highest BCUT2D eigenvalue weighted by atomic mass is 32.2. The van der Waals surface area contributed by atoms with Gasteiger partial charge in [0.2, 0.25) is 0 Å². The van der Waals surface area contributed by atoms with Crippen molar-refractivity contribution < 1.29 is 13.4 Å². The van der Waals surface area contributed by atoms with Crippen LogP contribution in [0.5, 0.6) is 0 Å². The number of carbonyl (C=O) groups excluding carboxylic acids is 1. The molecule has 0 saturated heterocycles. The summed E-state index contributed by atoms with van der Waals surface area (Å²) in [5.41, 5.74) is 0.0307. The maximum Gasteiger partial charge on any atom is 0.185 e. The van der Waals surface area contributed by atoms with Crippen LogP contribution < -0.4 is 0 Å². The first-order valence-electron chi connectivity index (χ1n) is 7.33. The van der Waals surface area contributed by atoms with Crippen LogP contribution in [0.25, 0.3) is 0 Å². The summed E-state index contributed by atoms with van der Waals surface area (Å²) >= 11 is 1.23. The summed E-state index contributed by atoms with van der Waals surface area (Å²) in [6, 6.07) is 6.65. The minimum atomic E-state index is -1.09. The molecule has 0 unspecified atom stereocenters. The zero-order chi connectivity index (χ0) is 17.0. The average Bonchev–Trinajstić information content (AvgIpc) is 2.37. The summed E-state index contributed by atoms with van der Waals surface area (Å²) in [6.45, 7) is 9.24. The van der Waals surface area contributed by atoms with Crippen LogP contribution >= 0.6 is 11.8 Å². The predicted molar refractivity (Wildman–Crippen MR) is 94.3 cm³/mol. The number of hydrogen-bond donors (Lipinski definition) is 0. The van der Waals surface area contributed by atoms with E-state index in [1.165, 1.54) is 24.8 Å². The monoisotopic (exact) mass is 344 g/mol. The molecule has 0 bridgehead atoms. The molecule has 2 atom stereocenters. The highest BCUT2D eigenvalue weighted by Crippen LogP contribution is 2.34. The fourth-order valence-electron chi connectivity index (χ4n) is 2.16. The smallest absolute Gasteiger partial charge is 0.185 e. The van der Waals surface area contributed by atoms with Gasteiger partial charge in [0.05, 0.1) is 0 Å². The lowest BCUT2D eigenvalue weighted by molar-refractivity contribution is -0.109. The second-order valence-electron chi connectivity index (χ2n) is 6.73. The minimum Gasteiger partial charge on any atom is -0.288 e. The second-order valence-corrected chi connectivity index (χ2v) is 10.2. The van der Waals surface area contributed by atoms with E-state index in [1.807, 2.05) is 27.7 Å². The van der Waals surface area contributed by atoms with E-state index in [2.05, 4.69) is 0 Å². The second kappa shape index (κ2) is 7.73. The van der Waals surface area contributed by atoms with Gasteiger partial charge in [-0.1, -0.05) is 36.9 Å². The lowest BCUT2D eigenvalue weighted by Crippen LogP contribution is -2.37. The van der Waals surface area contributed by atoms with Gasteiger partial charge in [0, 0.05) is 39.4 Å². The molecule has 2 nitrogen and oxygen atoms in total. The highest BCUT2D eigenvalue weighted by molar-refractivity contribution is 8.13. The van der Waals surface area contributed by atoms with Crippen molar-refractivity contribution in [2.45, 2.75) is 51.2 Å². The first-order valence-corrected chi connectivity index (χ1v) is 9.63. The molecule has 0 aliphatic carbocycles. The van der Waals surface area contributed by atoms with Crippen LogP contribution in [0.1, 0.15) is 46.6 Å². The van der Waals surface area contributed by atoms with Gasteiger partial charge >= 0.3 is 0 Å². The quantitative estimate of drug-likeness (QED) is 0.771. The Morgan fingerprint density at radius 2 is 1.82 bits per heavy atom. The summed E-state index contributed by atoms with van der Waals surface area (Å²) in [6.07, 6.45) is 0.611. The Bertz CT molecular complexity index is 552. The van der Waals surface area contributed by atoms with Crippen molar-refractivity contribution in [1.82, 2.24) is 0 Å². The van der Waals surface area contributed by atoms with Crippen molar-refractivity contribution in [3.63, 3.8) is 0 Å². The zero-order valence-electron chi connectivity index (χ0n) is 13.9. The molecule has 22 heavy (non-hydrogen) atoms. The van der Waals surface area contributed by atoms with Crippen molar-refractivity contribution in [3.05, 3.63) is 35.6 Å². The third-order valence-corrected chi connectivity index (χ3v) is 6.70. The van der Waals surface area contributed by atoms with Crippen LogP contribution in [0.15, 0.2) is 24.3 Å². The third kappa shape index (κ3) is 5.51. The van der Waals surface area contributed by atoms with Crippen molar-refractivity contribution >= 4 is 27.7 Å². The Labute approximate surface area is 139 Å². The fourth-order valence-corrected chi connectivity index (χ4v) is 4.31. The van der Waals surface area contributed by atoms with E-state index in [0.717, 1.165) is 0 Å². The molecule has 0 aromatic heterocycles. The summed E-state index contributed by atoms with van der Waals surface area (Å²) in [5.74, 6) is 0.709. The van der Waals surface area contributed by atoms with E-state index in [9.17, 15) is 13.4 Å². The van der Waals surface area contributed by atoms with Crippen molar-refractivity contribution in [1.29, 1.82) is 0 Å². The number of halogens is 1. The highest BCUT2D eigenvalue weighted by Gasteiger charge is 2.34. The molecule has 0 fully saturated rings. The van der Waals surface area contributed by atoms with E-state index in [-0.39, 0.29) is 15.7 Å². The molecule has 0 aliphatic heterocycles. The molecule has 0 saturated carbocycles. The van der Waals surface area contributed by atoms with Crippen LogP contribution in [-0.4, -0.2) is 25.6 Å². The number of hydrogen-bond acceptors (Lipinski definition) is 3. The number of carbonyl (C=O) groups is 1. The van der Waals surface area contributed by atoms with Gasteiger partial charge in [-0.3, -0.25) is 9.00 Å². The Kier molecular flexibility index (Phi) is 6.81. The van der Waals surface area contributed by atoms with Crippen molar-refractivity contribution in [3.8, 4) is 0 Å². The number of benzene rings is 1. The maximum absolute atomic E-state index is 14.2. The molecular formula is C17H25FO2S2. The van der Waals surface area contributed by atoms with E-state index in [1.54, 1.807) is 18.2 Å². The molecular weight excluding hydrogens is 319 g/mol. The molecule has 0 spiro atoms. The van der Waals surface area contributed by atoms with Crippen LogP contribution in [-0.2, 0) is 21.0 Å². The van der Waals surface area contributed by atoms with Crippen LogP contribution in [0.3, 0.4) is 0 Å². The molecule has 1 aromatic carbocycles. The van der Waals surface area contributed by atoms with Gasteiger partial charge in [-0.05, 0) is 38.8 Å². The Morgan fingerprint density at radius 3 is 2.32 bits per heavy atom. The Balaban J connectivity index is 3.07. The average molecular weight is 345 g/mol. The van der Waals surface area contributed by atoms with Gasteiger partial charge < -0.3 is 0 Å². The fraction of sp³-hybridized carbons (Fsp3) is 0.588. The zero-order valence-corrected chi connectivity index (χ0v) is 15.6. The van der Waals surface area contributed by atoms with Crippen LogP contribution in [0, 0.1) is 5.82 Å². The molecule has 0 aliphatic rings. The molecule has 5 heteroatoms. The number of rotatable bonds is 6. The molecule has 0 amide bonds. The third-order valence-electron chi connectivity index (χ3n) is 3.62. The largest absolute Gasteiger partial charge is 0.288 e. The summed E-state index contributed by atoms with van der Waals surface area (Å²) in [4.78, 5) is 11.1. The van der Waals surface area contributed by atoms with E-state index < -0.39 is 16.2 Å². The van der Waals surface area contributed by atoms with Crippen LogP contribution in [0.2, 0.25) is 0 Å². The first kappa shape index (κ1) is 19.4. The maximum atomic E-state index is 14.2. The molecule has 0 N–H and O–H groups in total. The summed E-state index contributed by atoms with van der Waals surface area (Å²) < 4.78 is 26.5. The summed E-state index contributed by atoms with van der Waals surface area (Å²) in [7, 11) is -1.09. The first-order chi connectivity index (χ1) is 10.1. The molecule has 1 rings (SSSR count). The van der Waals surface area contributed by atoms with E-state index >= 15 is 0 Å². The number of thioether (sulfide) groups is 1. The van der Waals surface area contributed by atoms with Crippen molar-refractivity contribution in [2.24, 2.45) is 0 Å². The van der Waals surface area contributed by atoms with Gasteiger partial charge in [0.15, 0.2) is 5.12 Å². The SMILES string of the molecule is CC(=O)SCC[C@](C)(C[S@@](=O)C(C)(C)C)c1ccccc1F.